The summed E-state index contributed by atoms with van der Waals surface area (Å²) in [6.45, 7) is 4.09. The number of rotatable bonds is 2. The molecule has 22 heavy (non-hydrogen) atoms. The molecule has 0 aliphatic carbocycles. The normalized spacial score (nSPS) is 15.1. The fourth-order valence-electron chi connectivity index (χ4n) is 2.53. The zero-order chi connectivity index (χ0) is 15.7. The fourth-order valence-corrected chi connectivity index (χ4v) is 3.49. The fraction of sp³-hybridized carbons (Fsp3) is 0.429. The second kappa shape index (κ2) is 5.77. The van der Waals surface area contributed by atoms with Gasteiger partial charge in [0, 0.05) is 31.1 Å². The van der Waals surface area contributed by atoms with Crippen LogP contribution in [0.3, 0.4) is 0 Å². The highest BCUT2D eigenvalue weighted by Gasteiger charge is 2.24. The molecule has 2 aromatic rings. The van der Waals surface area contributed by atoms with Crippen LogP contribution in [-0.2, 0) is 6.42 Å². The third kappa shape index (κ3) is 2.55. The predicted octanol–water partition coefficient (Wildman–Crippen LogP) is 1.93. The van der Waals surface area contributed by atoms with E-state index >= 15 is 0 Å². The molecule has 0 radical (unpaired) electrons. The molecule has 1 aliphatic heterocycles. The smallest absolute Gasteiger partial charge is 0.407 e. The van der Waals surface area contributed by atoms with Crippen molar-refractivity contribution >= 4 is 33.5 Å². The number of amides is 1. The van der Waals surface area contributed by atoms with Gasteiger partial charge in [-0.05, 0) is 12.5 Å². The van der Waals surface area contributed by atoms with Crippen LogP contribution in [0.5, 0.6) is 0 Å². The van der Waals surface area contributed by atoms with Gasteiger partial charge in [-0.3, -0.25) is 0 Å². The van der Waals surface area contributed by atoms with Crippen LogP contribution in [0.4, 0.5) is 10.6 Å². The summed E-state index contributed by atoms with van der Waals surface area (Å²) >= 11 is 1.58. The number of piperazine rings is 1. The van der Waals surface area contributed by atoms with Gasteiger partial charge in [0.05, 0.1) is 5.39 Å². The lowest BCUT2D eigenvalue weighted by atomic mass is 10.2. The van der Waals surface area contributed by atoms with Crippen LogP contribution in [0, 0.1) is 11.3 Å². The van der Waals surface area contributed by atoms with Crippen molar-refractivity contribution in [1.29, 1.82) is 5.26 Å². The van der Waals surface area contributed by atoms with Crippen molar-refractivity contribution in [3.63, 3.8) is 0 Å². The standard InChI is InChI=1S/C14H15N5O2S/c1-2-9-7-10-12(16-11(8-15)17-13(10)22-9)18-3-5-19(6-4-18)14(20)21/h7H,2-6H2,1H3,(H,20,21). The minimum atomic E-state index is -0.894. The topological polar surface area (TPSA) is 93.4 Å². The zero-order valence-electron chi connectivity index (χ0n) is 12.1. The van der Waals surface area contributed by atoms with Gasteiger partial charge in [0.15, 0.2) is 0 Å². The van der Waals surface area contributed by atoms with Crippen LogP contribution in [0.15, 0.2) is 6.07 Å². The number of nitriles is 1. The molecule has 114 valence electrons. The molecule has 2 aromatic heterocycles. The molecular formula is C14H15N5O2S. The molecule has 1 N–H and O–H groups in total. The highest BCUT2D eigenvalue weighted by molar-refractivity contribution is 7.18. The van der Waals surface area contributed by atoms with E-state index in [1.807, 2.05) is 11.0 Å². The van der Waals surface area contributed by atoms with Crippen molar-refractivity contribution in [3.8, 4) is 6.07 Å². The van der Waals surface area contributed by atoms with Crippen molar-refractivity contribution in [3.05, 3.63) is 16.8 Å². The molecule has 1 fully saturated rings. The predicted molar refractivity (Wildman–Crippen MR) is 83.3 cm³/mol. The van der Waals surface area contributed by atoms with Gasteiger partial charge in [0.25, 0.3) is 0 Å². The lowest BCUT2D eigenvalue weighted by Crippen LogP contribution is -2.48. The van der Waals surface area contributed by atoms with Crippen molar-refractivity contribution in [2.24, 2.45) is 0 Å². The monoisotopic (exact) mass is 317 g/mol. The first kappa shape index (κ1) is 14.5. The summed E-state index contributed by atoms with van der Waals surface area (Å²) in [7, 11) is 0. The second-order valence-corrected chi connectivity index (χ2v) is 6.14. The molecule has 1 saturated heterocycles. The van der Waals surface area contributed by atoms with Gasteiger partial charge in [-0.25, -0.2) is 14.8 Å². The SMILES string of the molecule is CCc1cc2c(N3CCN(C(=O)O)CC3)nc(C#N)nc2s1. The number of carboxylic acid groups (broad SMARTS) is 1. The molecule has 1 amide bonds. The quantitative estimate of drug-likeness (QED) is 0.909. The summed E-state index contributed by atoms with van der Waals surface area (Å²) in [4.78, 5) is 25.1. The Balaban J connectivity index is 1.97. The average molecular weight is 317 g/mol. The number of thiophene rings is 1. The first-order chi connectivity index (χ1) is 10.6. The van der Waals surface area contributed by atoms with Gasteiger partial charge in [0.2, 0.25) is 5.82 Å². The van der Waals surface area contributed by atoms with Gasteiger partial charge in [-0.15, -0.1) is 11.3 Å². The summed E-state index contributed by atoms with van der Waals surface area (Å²) < 4.78 is 0. The largest absolute Gasteiger partial charge is 0.465 e. The van der Waals surface area contributed by atoms with Gasteiger partial charge >= 0.3 is 6.09 Å². The van der Waals surface area contributed by atoms with E-state index < -0.39 is 6.09 Å². The summed E-state index contributed by atoms with van der Waals surface area (Å²) in [5, 5.41) is 19.1. The molecule has 0 saturated carbocycles. The Morgan fingerprint density at radius 2 is 2.14 bits per heavy atom. The van der Waals surface area contributed by atoms with E-state index in [0.29, 0.717) is 26.2 Å². The van der Waals surface area contributed by atoms with Crippen LogP contribution < -0.4 is 4.90 Å². The van der Waals surface area contributed by atoms with Crippen LogP contribution >= 0.6 is 11.3 Å². The third-order valence-electron chi connectivity index (χ3n) is 3.72. The van der Waals surface area contributed by atoms with E-state index in [1.165, 1.54) is 9.78 Å². The maximum atomic E-state index is 11.0. The Morgan fingerprint density at radius 1 is 1.41 bits per heavy atom. The number of hydrogen-bond donors (Lipinski definition) is 1. The van der Waals surface area contributed by atoms with Gasteiger partial charge < -0.3 is 14.9 Å². The van der Waals surface area contributed by atoms with Gasteiger partial charge in [-0.1, -0.05) is 6.92 Å². The lowest BCUT2D eigenvalue weighted by molar-refractivity contribution is 0.142. The molecule has 0 unspecified atom stereocenters. The molecule has 0 spiro atoms. The highest BCUT2D eigenvalue weighted by Crippen LogP contribution is 2.31. The van der Waals surface area contributed by atoms with E-state index in [2.05, 4.69) is 23.0 Å². The molecule has 0 atom stereocenters. The Hall–Kier alpha value is -2.40. The minimum Gasteiger partial charge on any atom is -0.465 e. The number of fused-ring (bicyclic) bond motifs is 1. The van der Waals surface area contributed by atoms with Crippen molar-refractivity contribution in [1.82, 2.24) is 14.9 Å². The van der Waals surface area contributed by atoms with Crippen molar-refractivity contribution < 1.29 is 9.90 Å². The molecule has 7 nitrogen and oxygen atoms in total. The van der Waals surface area contributed by atoms with E-state index in [1.54, 1.807) is 11.3 Å². The van der Waals surface area contributed by atoms with E-state index in [0.717, 1.165) is 22.5 Å². The molecule has 1 aliphatic rings. The average Bonchev–Trinajstić information content (AvgIpc) is 2.97. The summed E-state index contributed by atoms with van der Waals surface area (Å²) in [5.74, 6) is 0.898. The Morgan fingerprint density at radius 3 is 2.73 bits per heavy atom. The van der Waals surface area contributed by atoms with Crippen LogP contribution in [0.25, 0.3) is 10.2 Å². The lowest BCUT2D eigenvalue weighted by Gasteiger charge is -2.34. The molecule has 3 rings (SSSR count). The number of hydrogen-bond acceptors (Lipinski definition) is 6. The maximum absolute atomic E-state index is 11.0. The summed E-state index contributed by atoms with van der Waals surface area (Å²) in [6.07, 6.45) is 0.0174. The number of aryl methyl sites for hydroxylation is 1. The first-order valence-corrected chi connectivity index (χ1v) is 7.87. The zero-order valence-corrected chi connectivity index (χ0v) is 12.9. The highest BCUT2D eigenvalue weighted by atomic mass is 32.1. The number of aromatic nitrogens is 2. The Bertz CT molecular complexity index is 758. The van der Waals surface area contributed by atoms with Crippen molar-refractivity contribution in [2.75, 3.05) is 31.1 Å². The Labute approximate surface area is 131 Å². The summed E-state index contributed by atoms with van der Waals surface area (Å²) in [6, 6.07) is 4.08. The maximum Gasteiger partial charge on any atom is 0.407 e. The molecule has 0 aromatic carbocycles. The van der Waals surface area contributed by atoms with E-state index in [-0.39, 0.29) is 5.82 Å². The van der Waals surface area contributed by atoms with Crippen LogP contribution in [-0.4, -0.2) is 52.2 Å². The minimum absolute atomic E-state index is 0.160. The van der Waals surface area contributed by atoms with E-state index in [9.17, 15) is 4.79 Å². The van der Waals surface area contributed by atoms with Crippen molar-refractivity contribution in [2.45, 2.75) is 13.3 Å². The Kier molecular flexibility index (Phi) is 3.81. The molecule has 8 heteroatoms. The van der Waals surface area contributed by atoms with Crippen LogP contribution in [0.2, 0.25) is 0 Å². The van der Waals surface area contributed by atoms with E-state index in [4.69, 9.17) is 10.4 Å². The third-order valence-corrected chi connectivity index (χ3v) is 4.90. The number of anilines is 1. The molecule has 0 bridgehead atoms. The number of carbonyl (C=O) groups is 1. The molecule has 3 heterocycles. The first-order valence-electron chi connectivity index (χ1n) is 7.05. The number of nitrogens with zero attached hydrogens (tertiary/aromatic N) is 5. The van der Waals surface area contributed by atoms with Gasteiger partial charge in [0.1, 0.15) is 16.7 Å². The second-order valence-electron chi connectivity index (χ2n) is 5.02. The summed E-state index contributed by atoms with van der Waals surface area (Å²) in [5.41, 5.74) is 0. The molecular weight excluding hydrogens is 302 g/mol. The van der Waals surface area contributed by atoms with Crippen LogP contribution in [0.1, 0.15) is 17.6 Å². The van der Waals surface area contributed by atoms with Gasteiger partial charge in [-0.2, -0.15) is 5.26 Å².